The minimum Gasteiger partial charge on any atom is -0.0990 e. The Kier molecular flexibility index (Phi) is 3.71. The summed E-state index contributed by atoms with van der Waals surface area (Å²) in [7, 11) is 0. The van der Waals surface area contributed by atoms with Gasteiger partial charge in [0.2, 0.25) is 0 Å². The van der Waals surface area contributed by atoms with E-state index in [4.69, 9.17) is 0 Å². The average Bonchev–Trinajstić information content (AvgIpc) is 1.68. The van der Waals surface area contributed by atoms with Gasteiger partial charge in [-0.2, -0.15) is 0 Å². The van der Waals surface area contributed by atoms with E-state index in [1.807, 2.05) is 6.08 Å². The summed E-state index contributed by atoms with van der Waals surface area (Å²) in [5.74, 6) is 0. The molecule has 0 heterocycles. The van der Waals surface area contributed by atoms with Crippen molar-refractivity contribution >= 4 is 15.9 Å². The van der Waals surface area contributed by atoms with Crippen molar-refractivity contribution in [2.24, 2.45) is 0 Å². The van der Waals surface area contributed by atoms with Crippen molar-refractivity contribution in [2.45, 2.75) is 0 Å². The molecule has 0 rings (SSSR count). The Hall–Kier alpha value is -0.300. The Morgan fingerprint density at radius 1 is 1.43 bits per heavy atom. The molecule has 38 valence electrons. The highest BCUT2D eigenvalue weighted by molar-refractivity contribution is 9.11. The van der Waals surface area contributed by atoms with Gasteiger partial charge in [-0.15, -0.1) is 0 Å². The Morgan fingerprint density at radius 3 is 2.14 bits per heavy atom. The summed E-state index contributed by atoms with van der Waals surface area (Å²) in [5.41, 5.74) is 0. The van der Waals surface area contributed by atoms with Crippen LogP contribution < -0.4 is 0 Å². The molecule has 0 radical (unpaired) electrons. The van der Waals surface area contributed by atoms with Gasteiger partial charge >= 0.3 is 0 Å². The first kappa shape index (κ1) is 6.70. The van der Waals surface area contributed by atoms with Crippen molar-refractivity contribution in [1.82, 2.24) is 0 Å². The molecule has 7 heavy (non-hydrogen) atoms. The first-order valence-corrected chi connectivity index (χ1v) is 2.71. The molecule has 0 aromatic heterocycles. The molecule has 0 nitrogen and oxygen atoms in total. The highest BCUT2D eigenvalue weighted by Crippen LogP contribution is 2.03. The maximum absolute atomic E-state index is 3.52. The molecule has 0 saturated carbocycles. The van der Waals surface area contributed by atoms with E-state index in [-0.39, 0.29) is 0 Å². The highest BCUT2D eigenvalue weighted by atomic mass is 79.9. The standard InChI is InChI=1S/C6H7Br/c1-3-5-6(7)4-2/h3-5H,1-2H2. The van der Waals surface area contributed by atoms with Crippen LogP contribution in [0.15, 0.2) is 35.9 Å². The zero-order valence-corrected chi connectivity index (χ0v) is 5.61. The van der Waals surface area contributed by atoms with E-state index in [0.29, 0.717) is 0 Å². The second kappa shape index (κ2) is 3.88. The van der Waals surface area contributed by atoms with E-state index < -0.39 is 0 Å². The summed E-state index contributed by atoms with van der Waals surface area (Å²) >= 11 is 3.21. The fourth-order valence-corrected chi connectivity index (χ4v) is 0.368. The monoisotopic (exact) mass is 158 g/mol. The molecule has 0 fully saturated rings. The molecule has 1 heteroatoms. The molecule has 0 amide bonds. The first-order valence-electron chi connectivity index (χ1n) is 1.92. The van der Waals surface area contributed by atoms with Crippen LogP contribution in [0.2, 0.25) is 0 Å². The van der Waals surface area contributed by atoms with Gasteiger partial charge in [0.25, 0.3) is 0 Å². The lowest BCUT2D eigenvalue weighted by Crippen LogP contribution is -1.52. The normalized spacial score (nSPS) is 10.7. The summed E-state index contributed by atoms with van der Waals surface area (Å²) in [5, 5.41) is 0. The summed E-state index contributed by atoms with van der Waals surface area (Å²) < 4.78 is 0.961. The SMILES string of the molecule is C=CC=C(Br)C=C. The van der Waals surface area contributed by atoms with E-state index in [0.717, 1.165) is 4.48 Å². The predicted octanol–water partition coefficient (Wildman–Crippen LogP) is 2.64. The van der Waals surface area contributed by atoms with Gasteiger partial charge in [-0.3, -0.25) is 0 Å². The number of allylic oxidation sites excluding steroid dienone is 4. The highest BCUT2D eigenvalue weighted by Gasteiger charge is 1.71. The first-order chi connectivity index (χ1) is 3.31. The summed E-state index contributed by atoms with van der Waals surface area (Å²) in [6.07, 6.45) is 5.24. The lowest BCUT2D eigenvalue weighted by molar-refractivity contribution is 1.94. The molecular weight excluding hydrogens is 152 g/mol. The van der Waals surface area contributed by atoms with Crippen LogP contribution in [0.3, 0.4) is 0 Å². The van der Waals surface area contributed by atoms with E-state index in [1.165, 1.54) is 0 Å². The molecule has 0 N–H and O–H groups in total. The molecular formula is C6H7Br. The second-order valence-corrected chi connectivity index (χ2v) is 1.91. The minimum atomic E-state index is 0.961. The molecule has 0 aliphatic heterocycles. The Balaban J connectivity index is 3.72. The van der Waals surface area contributed by atoms with Crippen LogP contribution in [-0.4, -0.2) is 0 Å². The third kappa shape index (κ3) is 3.53. The van der Waals surface area contributed by atoms with Gasteiger partial charge in [-0.25, -0.2) is 0 Å². The third-order valence-electron chi connectivity index (χ3n) is 0.472. The maximum Gasteiger partial charge on any atom is 0.0169 e. The molecule has 0 aliphatic carbocycles. The molecule has 0 saturated heterocycles. The molecule has 0 aromatic carbocycles. The van der Waals surface area contributed by atoms with E-state index >= 15 is 0 Å². The Bertz CT molecular complexity index is 101. The second-order valence-electron chi connectivity index (χ2n) is 0.991. The van der Waals surface area contributed by atoms with Crippen LogP contribution in [0.4, 0.5) is 0 Å². The van der Waals surface area contributed by atoms with E-state index in [1.54, 1.807) is 12.2 Å². The molecule has 0 bridgehead atoms. The van der Waals surface area contributed by atoms with Gasteiger partial charge in [-0.05, 0) is 6.08 Å². The van der Waals surface area contributed by atoms with Crippen molar-refractivity contribution in [3.8, 4) is 0 Å². The molecule has 0 unspecified atom stereocenters. The van der Waals surface area contributed by atoms with Gasteiger partial charge in [0, 0.05) is 4.48 Å². The quantitative estimate of drug-likeness (QED) is 0.543. The van der Waals surface area contributed by atoms with Crippen molar-refractivity contribution in [3.63, 3.8) is 0 Å². The topological polar surface area (TPSA) is 0 Å². The van der Waals surface area contributed by atoms with E-state index in [2.05, 4.69) is 29.1 Å². The third-order valence-corrected chi connectivity index (χ3v) is 1.06. The zero-order valence-electron chi connectivity index (χ0n) is 4.02. The van der Waals surface area contributed by atoms with Crippen LogP contribution in [0.5, 0.6) is 0 Å². The van der Waals surface area contributed by atoms with Crippen molar-refractivity contribution < 1.29 is 0 Å². The lowest BCUT2D eigenvalue weighted by Gasteiger charge is -1.77. The number of hydrogen-bond acceptors (Lipinski definition) is 0. The Morgan fingerprint density at radius 2 is 2.00 bits per heavy atom. The van der Waals surface area contributed by atoms with Crippen molar-refractivity contribution in [1.29, 1.82) is 0 Å². The van der Waals surface area contributed by atoms with Gasteiger partial charge < -0.3 is 0 Å². The number of halogens is 1. The van der Waals surface area contributed by atoms with Crippen molar-refractivity contribution in [2.75, 3.05) is 0 Å². The predicted molar refractivity (Wildman–Crippen MR) is 37.4 cm³/mol. The van der Waals surface area contributed by atoms with Crippen LogP contribution in [0, 0.1) is 0 Å². The lowest BCUT2D eigenvalue weighted by atomic mass is 10.5. The fraction of sp³-hybridized carbons (Fsp3) is 0. The molecule has 0 aliphatic rings. The number of hydrogen-bond donors (Lipinski definition) is 0. The average molecular weight is 159 g/mol. The van der Waals surface area contributed by atoms with Crippen LogP contribution in [0.1, 0.15) is 0 Å². The van der Waals surface area contributed by atoms with Gasteiger partial charge in [0.1, 0.15) is 0 Å². The summed E-state index contributed by atoms with van der Waals surface area (Å²) in [6, 6.07) is 0. The molecule has 0 aromatic rings. The van der Waals surface area contributed by atoms with Gasteiger partial charge in [0.05, 0.1) is 0 Å². The van der Waals surface area contributed by atoms with E-state index in [9.17, 15) is 0 Å². The van der Waals surface area contributed by atoms with Crippen LogP contribution >= 0.6 is 15.9 Å². The zero-order chi connectivity index (χ0) is 5.70. The summed E-state index contributed by atoms with van der Waals surface area (Å²) in [6.45, 7) is 7.01. The van der Waals surface area contributed by atoms with Gasteiger partial charge in [0.15, 0.2) is 0 Å². The van der Waals surface area contributed by atoms with Gasteiger partial charge in [-0.1, -0.05) is 41.2 Å². The van der Waals surface area contributed by atoms with Crippen LogP contribution in [-0.2, 0) is 0 Å². The smallest absolute Gasteiger partial charge is 0.0169 e. The summed E-state index contributed by atoms with van der Waals surface area (Å²) in [4.78, 5) is 0. The Labute approximate surface area is 52.4 Å². The van der Waals surface area contributed by atoms with Crippen LogP contribution in [0.25, 0.3) is 0 Å². The fourth-order valence-electron chi connectivity index (χ4n) is 0.181. The minimum absolute atomic E-state index is 0.961. The maximum atomic E-state index is 3.52. The number of rotatable bonds is 2. The molecule has 0 atom stereocenters. The largest absolute Gasteiger partial charge is 0.0990 e. The van der Waals surface area contributed by atoms with Crippen molar-refractivity contribution in [3.05, 3.63) is 35.9 Å². The molecule has 0 spiro atoms.